The Kier molecular flexibility index (Phi) is 4.60. The van der Waals surface area contributed by atoms with Crippen molar-refractivity contribution in [2.75, 3.05) is 0 Å². The molecule has 1 heterocycles. The molecule has 116 valence electrons. The highest BCUT2D eigenvalue weighted by Crippen LogP contribution is 2.35. The van der Waals surface area contributed by atoms with Crippen molar-refractivity contribution in [3.05, 3.63) is 27.4 Å². The fourth-order valence-electron chi connectivity index (χ4n) is 1.34. The lowest BCUT2D eigenvalue weighted by Crippen LogP contribution is -2.19. The lowest BCUT2D eigenvalue weighted by atomic mass is 10.1. The quantitative estimate of drug-likeness (QED) is 0.508. The van der Waals surface area contributed by atoms with E-state index in [1.165, 1.54) is 0 Å². The van der Waals surface area contributed by atoms with E-state index < -0.39 is 52.9 Å². The highest BCUT2D eigenvalue weighted by atomic mass is 19.4. The summed E-state index contributed by atoms with van der Waals surface area (Å²) in [5.41, 5.74) is -2.11. The zero-order valence-electron chi connectivity index (χ0n) is 9.73. The molecule has 0 aliphatic heterocycles. The molecule has 0 aromatic carbocycles. The molecule has 0 saturated heterocycles. The summed E-state index contributed by atoms with van der Waals surface area (Å²) in [7, 11) is 0. The summed E-state index contributed by atoms with van der Waals surface area (Å²) < 4.78 is 64.9. The van der Waals surface area contributed by atoms with E-state index in [1.54, 1.807) is 0 Å². The zero-order chi connectivity index (χ0) is 16.4. The third-order valence-electron chi connectivity index (χ3n) is 2.03. The van der Waals surface area contributed by atoms with Crippen LogP contribution in [-0.2, 0) is 11.2 Å². The molecule has 1 rings (SSSR count). The van der Waals surface area contributed by atoms with E-state index in [1.807, 2.05) is 0 Å². The number of nitro groups is 1. The van der Waals surface area contributed by atoms with Gasteiger partial charge in [0.25, 0.3) is 6.43 Å². The molecule has 0 bridgehead atoms. The van der Waals surface area contributed by atoms with Crippen LogP contribution >= 0.6 is 0 Å². The standard InChI is InChI=1S/C9H5F5N2O5/c10-7(11)3-1-5(21-9(12,13)14)8(16(19)20)15-4(3)2-6(17)18/h1,7H,2H2,(H,17,18). The molecule has 0 saturated carbocycles. The van der Waals surface area contributed by atoms with Crippen LogP contribution in [0.2, 0.25) is 0 Å². The molecule has 0 radical (unpaired) electrons. The summed E-state index contributed by atoms with van der Waals surface area (Å²) in [5, 5.41) is 19.1. The number of hydrogen-bond donors (Lipinski definition) is 1. The monoisotopic (exact) mass is 316 g/mol. The number of aromatic nitrogens is 1. The number of carboxylic acids is 1. The summed E-state index contributed by atoms with van der Waals surface area (Å²) in [5.74, 6) is -4.69. The number of carbonyl (C=O) groups is 1. The number of carboxylic acid groups (broad SMARTS) is 1. The largest absolute Gasteiger partial charge is 0.573 e. The number of alkyl halides is 5. The van der Waals surface area contributed by atoms with Gasteiger partial charge >= 0.3 is 18.1 Å². The van der Waals surface area contributed by atoms with Crippen LogP contribution < -0.4 is 4.74 Å². The molecule has 0 atom stereocenters. The normalized spacial score (nSPS) is 11.5. The molecular weight excluding hydrogens is 311 g/mol. The third kappa shape index (κ3) is 4.50. The Bertz CT molecular complexity index is 574. The summed E-state index contributed by atoms with van der Waals surface area (Å²) in [6.45, 7) is 0. The van der Waals surface area contributed by atoms with Crippen LogP contribution in [0.4, 0.5) is 27.8 Å². The summed E-state index contributed by atoms with van der Waals surface area (Å²) in [6, 6.07) is 0.0571. The molecule has 21 heavy (non-hydrogen) atoms. The molecule has 0 aliphatic carbocycles. The molecule has 12 heteroatoms. The topological polar surface area (TPSA) is 103 Å². The number of nitrogens with zero attached hydrogens (tertiary/aromatic N) is 2. The van der Waals surface area contributed by atoms with Crippen LogP contribution in [0.25, 0.3) is 0 Å². The van der Waals surface area contributed by atoms with Gasteiger partial charge in [0.15, 0.2) is 5.69 Å². The first-order valence-corrected chi connectivity index (χ1v) is 4.95. The Morgan fingerprint density at radius 3 is 2.43 bits per heavy atom. The van der Waals surface area contributed by atoms with Crippen molar-refractivity contribution in [2.45, 2.75) is 19.2 Å². The minimum atomic E-state index is -5.36. The maximum absolute atomic E-state index is 12.7. The predicted octanol–water partition coefficient (Wildman–Crippen LogP) is 2.45. The molecule has 0 unspecified atom stereocenters. The van der Waals surface area contributed by atoms with Gasteiger partial charge in [-0.2, -0.15) is 0 Å². The molecule has 0 amide bonds. The SMILES string of the molecule is O=C(O)Cc1nc([N+](=O)[O-])c(OC(F)(F)F)cc1C(F)F. The third-order valence-corrected chi connectivity index (χ3v) is 2.03. The Morgan fingerprint density at radius 1 is 1.48 bits per heavy atom. The number of hydrogen-bond acceptors (Lipinski definition) is 5. The van der Waals surface area contributed by atoms with E-state index in [0.717, 1.165) is 0 Å². The van der Waals surface area contributed by atoms with Crippen LogP contribution in [0.3, 0.4) is 0 Å². The van der Waals surface area contributed by atoms with Gasteiger partial charge in [0.2, 0.25) is 5.75 Å². The predicted molar refractivity (Wildman–Crippen MR) is 53.9 cm³/mol. The van der Waals surface area contributed by atoms with E-state index in [4.69, 9.17) is 5.11 Å². The van der Waals surface area contributed by atoms with E-state index >= 15 is 0 Å². The minimum absolute atomic E-state index is 0.0571. The number of pyridine rings is 1. The molecular formula is C9H5F5N2O5. The van der Waals surface area contributed by atoms with Gasteiger partial charge in [-0.05, 0) is 9.91 Å². The number of aliphatic carboxylic acids is 1. The first-order valence-electron chi connectivity index (χ1n) is 4.95. The fraction of sp³-hybridized carbons (Fsp3) is 0.333. The summed E-state index contributed by atoms with van der Waals surface area (Å²) >= 11 is 0. The van der Waals surface area contributed by atoms with Crippen molar-refractivity contribution in [3.63, 3.8) is 0 Å². The summed E-state index contributed by atoms with van der Waals surface area (Å²) in [4.78, 5) is 22.6. The van der Waals surface area contributed by atoms with Crippen LogP contribution in [0.5, 0.6) is 5.75 Å². The number of halogens is 5. The van der Waals surface area contributed by atoms with E-state index in [-0.39, 0.29) is 6.07 Å². The van der Waals surface area contributed by atoms with Crippen molar-refractivity contribution in [3.8, 4) is 5.75 Å². The van der Waals surface area contributed by atoms with Gasteiger partial charge in [0, 0.05) is 6.07 Å². The van der Waals surface area contributed by atoms with Crippen molar-refractivity contribution >= 4 is 11.8 Å². The molecule has 0 spiro atoms. The first-order chi connectivity index (χ1) is 9.51. The minimum Gasteiger partial charge on any atom is -0.481 e. The van der Waals surface area contributed by atoms with Gasteiger partial charge in [-0.15, -0.1) is 13.2 Å². The lowest BCUT2D eigenvalue weighted by molar-refractivity contribution is -0.393. The second-order valence-corrected chi connectivity index (χ2v) is 3.52. The molecule has 1 N–H and O–H groups in total. The van der Waals surface area contributed by atoms with E-state index in [9.17, 15) is 36.9 Å². The summed E-state index contributed by atoms with van der Waals surface area (Å²) in [6.07, 6.45) is -9.87. The van der Waals surface area contributed by atoms with Gasteiger partial charge in [0.05, 0.1) is 5.56 Å². The number of ether oxygens (including phenoxy) is 1. The Balaban J connectivity index is 3.46. The highest BCUT2D eigenvalue weighted by Gasteiger charge is 2.37. The van der Waals surface area contributed by atoms with Gasteiger partial charge in [-0.25, -0.2) is 8.78 Å². The molecule has 7 nitrogen and oxygen atoms in total. The van der Waals surface area contributed by atoms with E-state index in [0.29, 0.717) is 0 Å². The van der Waals surface area contributed by atoms with Crippen LogP contribution in [0.1, 0.15) is 17.7 Å². The van der Waals surface area contributed by atoms with Crippen LogP contribution in [0.15, 0.2) is 6.07 Å². The second kappa shape index (κ2) is 5.85. The van der Waals surface area contributed by atoms with E-state index in [2.05, 4.69) is 9.72 Å². The molecule has 1 aromatic heterocycles. The van der Waals surface area contributed by atoms with Crippen molar-refractivity contribution in [1.29, 1.82) is 0 Å². The fourth-order valence-corrected chi connectivity index (χ4v) is 1.34. The van der Waals surface area contributed by atoms with Crippen LogP contribution in [0, 0.1) is 10.1 Å². The van der Waals surface area contributed by atoms with Crippen LogP contribution in [-0.4, -0.2) is 27.3 Å². The second-order valence-electron chi connectivity index (χ2n) is 3.52. The smallest absolute Gasteiger partial charge is 0.481 e. The first kappa shape index (κ1) is 16.5. The highest BCUT2D eigenvalue weighted by molar-refractivity contribution is 5.70. The lowest BCUT2D eigenvalue weighted by Gasteiger charge is -2.11. The van der Waals surface area contributed by atoms with Crippen molar-refractivity contribution < 1.29 is 41.5 Å². The van der Waals surface area contributed by atoms with Gasteiger partial charge < -0.3 is 20.0 Å². The van der Waals surface area contributed by atoms with Gasteiger partial charge in [0.1, 0.15) is 6.42 Å². The maximum atomic E-state index is 12.7. The van der Waals surface area contributed by atoms with Gasteiger partial charge in [-0.1, -0.05) is 0 Å². The Labute approximate surface area is 112 Å². The molecule has 0 fully saturated rings. The average molecular weight is 316 g/mol. The molecule has 1 aromatic rings. The Hall–Kier alpha value is -2.53. The average Bonchev–Trinajstić information content (AvgIpc) is 2.27. The number of rotatable bonds is 5. The zero-order valence-corrected chi connectivity index (χ0v) is 9.73. The maximum Gasteiger partial charge on any atom is 0.573 e. The van der Waals surface area contributed by atoms with Gasteiger partial charge in [-0.3, -0.25) is 4.79 Å². The Morgan fingerprint density at radius 2 is 2.05 bits per heavy atom. The van der Waals surface area contributed by atoms with Crippen molar-refractivity contribution in [2.24, 2.45) is 0 Å². The van der Waals surface area contributed by atoms with Crippen molar-refractivity contribution in [1.82, 2.24) is 4.98 Å². The molecule has 0 aliphatic rings.